The number of hydrogen-bond acceptors (Lipinski definition) is 4. The Morgan fingerprint density at radius 1 is 0.929 bits per heavy atom. The van der Waals surface area contributed by atoms with Crippen molar-refractivity contribution in [2.45, 2.75) is 19.8 Å². The molecule has 0 bridgehead atoms. The van der Waals surface area contributed by atoms with Crippen LogP contribution in [0.5, 0.6) is 5.75 Å². The van der Waals surface area contributed by atoms with Crippen molar-refractivity contribution in [3.63, 3.8) is 0 Å². The minimum atomic E-state index is -0.419. The van der Waals surface area contributed by atoms with Crippen molar-refractivity contribution in [3.8, 4) is 23.6 Å². The van der Waals surface area contributed by atoms with Crippen molar-refractivity contribution in [2.24, 2.45) is 5.73 Å². The van der Waals surface area contributed by atoms with Crippen LogP contribution in [0.3, 0.4) is 0 Å². The molecule has 4 rings (SSSR count). The molecule has 0 saturated carbocycles. The molecule has 1 unspecified atom stereocenters. The molecule has 2 heterocycles. The molecule has 28 heavy (non-hydrogen) atoms. The first kappa shape index (κ1) is 17.5. The van der Waals surface area contributed by atoms with Crippen LogP contribution in [0.25, 0.3) is 5.69 Å². The summed E-state index contributed by atoms with van der Waals surface area (Å²) < 4.78 is 7.67. The van der Waals surface area contributed by atoms with Crippen LogP contribution in [0.4, 0.5) is 0 Å². The van der Waals surface area contributed by atoms with Crippen molar-refractivity contribution < 1.29 is 4.74 Å². The third-order valence-electron chi connectivity index (χ3n) is 5.00. The highest BCUT2D eigenvalue weighted by Gasteiger charge is 2.36. The van der Waals surface area contributed by atoms with Gasteiger partial charge in [-0.1, -0.05) is 47.5 Å². The van der Waals surface area contributed by atoms with E-state index in [1.165, 1.54) is 0 Å². The fourth-order valence-corrected chi connectivity index (χ4v) is 3.53. The molecule has 5 heteroatoms. The molecule has 0 fully saturated rings. The Morgan fingerprint density at radius 2 is 1.54 bits per heavy atom. The fraction of sp³-hybridized carbons (Fsp3) is 0.130. The first-order valence-electron chi connectivity index (χ1n) is 8.90. The maximum Gasteiger partial charge on any atom is 0.205 e. The molecule has 0 aliphatic carbocycles. The summed E-state index contributed by atoms with van der Waals surface area (Å²) in [6.07, 6.45) is 1.74. The summed E-state index contributed by atoms with van der Waals surface area (Å²) in [5.74, 6) is 0.0293. The van der Waals surface area contributed by atoms with Gasteiger partial charge in [0.2, 0.25) is 5.88 Å². The van der Waals surface area contributed by atoms with Crippen molar-refractivity contribution in [2.75, 3.05) is 0 Å². The van der Waals surface area contributed by atoms with Crippen LogP contribution in [0.1, 0.15) is 33.9 Å². The van der Waals surface area contributed by atoms with Crippen LogP contribution in [0.15, 0.2) is 66.2 Å². The Kier molecular flexibility index (Phi) is 4.14. The van der Waals surface area contributed by atoms with Gasteiger partial charge < -0.3 is 15.0 Å². The number of aryl methyl sites for hydroxylation is 2. The molecule has 2 N–H and O–H groups in total. The molecular formula is C23H18N4O. The predicted molar refractivity (Wildman–Crippen MR) is 106 cm³/mol. The molecule has 1 aromatic heterocycles. The van der Waals surface area contributed by atoms with E-state index in [1.54, 1.807) is 6.20 Å². The lowest BCUT2D eigenvalue weighted by Gasteiger charge is -2.26. The highest BCUT2D eigenvalue weighted by Crippen LogP contribution is 2.45. The Bertz CT molecular complexity index is 1170. The lowest BCUT2D eigenvalue weighted by Crippen LogP contribution is -2.22. The number of hydrogen-bond donors (Lipinski definition) is 1. The zero-order valence-electron chi connectivity index (χ0n) is 15.6. The Balaban J connectivity index is 2.01. The maximum atomic E-state index is 9.79. The number of nitriles is 2. The largest absolute Gasteiger partial charge is 0.437 e. The molecule has 1 aliphatic heterocycles. The van der Waals surface area contributed by atoms with E-state index in [0.29, 0.717) is 16.9 Å². The zero-order chi connectivity index (χ0) is 19.8. The van der Waals surface area contributed by atoms with Gasteiger partial charge in [0, 0.05) is 11.9 Å². The summed E-state index contributed by atoms with van der Waals surface area (Å²) in [6.45, 7) is 4.03. The van der Waals surface area contributed by atoms with E-state index in [4.69, 9.17) is 10.5 Å². The number of benzene rings is 2. The number of fused-ring (bicyclic) bond motifs is 1. The lowest BCUT2D eigenvalue weighted by molar-refractivity contribution is 0.390. The van der Waals surface area contributed by atoms with Gasteiger partial charge in [-0.3, -0.25) is 0 Å². The zero-order valence-corrected chi connectivity index (χ0v) is 15.6. The summed E-state index contributed by atoms with van der Waals surface area (Å²) >= 11 is 0. The molecule has 2 aromatic carbocycles. The smallest absolute Gasteiger partial charge is 0.205 e. The minimum absolute atomic E-state index is 0.0405. The Morgan fingerprint density at radius 3 is 2.11 bits per heavy atom. The van der Waals surface area contributed by atoms with Crippen LogP contribution in [-0.4, -0.2) is 4.57 Å². The first-order chi connectivity index (χ1) is 13.5. The molecule has 0 spiro atoms. The number of nitrogens with zero attached hydrogens (tertiary/aromatic N) is 3. The minimum Gasteiger partial charge on any atom is -0.437 e. The van der Waals surface area contributed by atoms with Gasteiger partial charge in [0.25, 0.3) is 0 Å². The highest BCUT2D eigenvalue weighted by molar-refractivity contribution is 5.61. The molecule has 1 aliphatic rings. The van der Waals surface area contributed by atoms with Crippen LogP contribution < -0.4 is 10.5 Å². The SMILES string of the molecule is Cc1ccc(C2C(C#N)=C(N)Oc3c(C#N)cn(-c4ccc(C)cc4)c32)cc1. The fourth-order valence-electron chi connectivity index (χ4n) is 3.53. The summed E-state index contributed by atoms with van der Waals surface area (Å²) in [4.78, 5) is 0. The molecule has 5 nitrogen and oxygen atoms in total. The summed E-state index contributed by atoms with van der Waals surface area (Å²) in [5, 5.41) is 19.4. The van der Waals surface area contributed by atoms with E-state index in [1.807, 2.05) is 66.9 Å². The predicted octanol–water partition coefficient (Wildman–Crippen LogP) is 4.18. The van der Waals surface area contributed by atoms with Crippen molar-refractivity contribution in [1.82, 2.24) is 4.57 Å². The molecular weight excluding hydrogens is 348 g/mol. The van der Waals surface area contributed by atoms with E-state index < -0.39 is 5.92 Å². The van der Waals surface area contributed by atoms with Gasteiger partial charge >= 0.3 is 0 Å². The number of ether oxygens (including phenoxy) is 1. The Hall–Kier alpha value is -3.96. The normalized spacial score (nSPS) is 15.4. The topological polar surface area (TPSA) is 87.8 Å². The number of rotatable bonds is 2. The molecule has 136 valence electrons. The van der Waals surface area contributed by atoms with E-state index in [0.717, 1.165) is 28.1 Å². The molecule has 0 amide bonds. The van der Waals surface area contributed by atoms with Gasteiger partial charge in [0.05, 0.1) is 11.6 Å². The van der Waals surface area contributed by atoms with E-state index in [2.05, 4.69) is 12.1 Å². The number of nitrogens with two attached hydrogens (primary N) is 1. The lowest BCUT2D eigenvalue weighted by atomic mass is 9.86. The van der Waals surface area contributed by atoms with E-state index >= 15 is 0 Å². The van der Waals surface area contributed by atoms with Crippen LogP contribution >= 0.6 is 0 Å². The van der Waals surface area contributed by atoms with Gasteiger partial charge in [-0.25, -0.2) is 0 Å². The molecule has 3 aromatic rings. The van der Waals surface area contributed by atoms with Gasteiger partial charge in [-0.05, 0) is 31.5 Å². The molecule has 1 atom stereocenters. The summed E-state index contributed by atoms with van der Waals surface area (Å²) in [5.41, 5.74) is 11.6. The monoisotopic (exact) mass is 366 g/mol. The van der Waals surface area contributed by atoms with Gasteiger partial charge in [0.1, 0.15) is 23.3 Å². The molecule has 0 radical (unpaired) electrons. The van der Waals surface area contributed by atoms with E-state index in [9.17, 15) is 10.5 Å². The second kappa shape index (κ2) is 6.64. The van der Waals surface area contributed by atoms with Gasteiger partial charge in [-0.2, -0.15) is 10.5 Å². The van der Waals surface area contributed by atoms with Crippen LogP contribution in [-0.2, 0) is 0 Å². The highest BCUT2D eigenvalue weighted by atomic mass is 16.5. The van der Waals surface area contributed by atoms with Gasteiger partial charge in [0.15, 0.2) is 5.75 Å². The third-order valence-corrected chi connectivity index (χ3v) is 5.00. The average molecular weight is 366 g/mol. The molecule has 0 saturated heterocycles. The Labute approximate surface area is 163 Å². The number of allylic oxidation sites excluding steroid dienone is 1. The summed E-state index contributed by atoms with van der Waals surface area (Å²) in [7, 11) is 0. The summed E-state index contributed by atoms with van der Waals surface area (Å²) in [6, 6.07) is 20.3. The van der Waals surface area contributed by atoms with Crippen molar-refractivity contribution in [3.05, 3.63) is 94.1 Å². The van der Waals surface area contributed by atoms with Crippen LogP contribution in [0.2, 0.25) is 0 Å². The number of aromatic nitrogens is 1. The standard InChI is InChI=1S/C23H18N4O/c1-14-3-7-16(8-4-14)20-19(12-25)23(26)28-22-17(11-24)13-27(21(20)22)18-9-5-15(2)6-10-18/h3-10,13,20H,26H2,1-2H3. The first-order valence-corrected chi connectivity index (χ1v) is 8.90. The third kappa shape index (κ3) is 2.71. The van der Waals surface area contributed by atoms with E-state index in [-0.39, 0.29) is 5.88 Å². The van der Waals surface area contributed by atoms with Crippen LogP contribution in [0, 0.1) is 36.5 Å². The van der Waals surface area contributed by atoms with Crippen molar-refractivity contribution in [1.29, 1.82) is 10.5 Å². The maximum absolute atomic E-state index is 9.79. The second-order valence-electron chi connectivity index (χ2n) is 6.91. The van der Waals surface area contributed by atoms with Gasteiger partial charge in [-0.15, -0.1) is 0 Å². The van der Waals surface area contributed by atoms with Crippen molar-refractivity contribution >= 4 is 0 Å². The average Bonchev–Trinajstić information content (AvgIpc) is 3.06. The second-order valence-corrected chi connectivity index (χ2v) is 6.91. The quantitative estimate of drug-likeness (QED) is 0.737.